The van der Waals surface area contributed by atoms with Gasteiger partial charge in [0.25, 0.3) is 0 Å². The molecule has 0 aliphatic rings. The molecule has 0 aliphatic carbocycles. The van der Waals surface area contributed by atoms with Crippen molar-refractivity contribution in [1.29, 1.82) is 0 Å². The van der Waals surface area contributed by atoms with Crippen LogP contribution in [0.3, 0.4) is 0 Å². The van der Waals surface area contributed by atoms with Gasteiger partial charge in [-0.1, -0.05) is 41.6 Å². The number of hydrogen-bond donors (Lipinski definition) is 1. The first-order valence-corrected chi connectivity index (χ1v) is 9.55. The van der Waals surface area contributed by atoms with Gasteiger partial charge in [0.05, 0.1) is 23.0 Å². The highest BCUT2D eigenvalue weighted by atomic mass is 35.5. The fourth-order valence-electron chi connectivity index (χ4n) is 2.05. The molecule has 10 heteroatoms. The van der Waals surface area contributed by atoms with Crippen LogP contribution in [0.5, 0.6) is 0 Å². The number of thiazole rings is 1. The minimum Gasteiger partial charge on any atom is -0.350 e. The van der Waals surface area contributed by atoms with Crippen molar-refractivity contribution in [1.82, 2.24) is 30.5 Å². The molecule has 3 aromatic rings. The number of aromatic nitrogens is 5. The molecule has 25 heavy (non-hydrogen) atoms. The van der Waals surface area contributed by atoms with Crippen LogP contribution in [0.25, 0.3) is 10.6 Å². The molecule has 2 heterocycles. The molecule has 0 bridgehead atoms. The van der Waals surface area contributed by atoms with Crippen molar-refractivity contribution in [3.63, 3.8) is 0 Å². The zero-order valence-corrected chi connectivity index (χ0v) is 16.0. The van der Waals surface area contributed by atoms with Gasteiger partial charge < -0.3 is 5.32 Å². The summed E-state index contributed by atoms with van der Waals surface area (Å²) in [5, 5.41) is 16.1. The average molecular weight is 395 g/mol. The summed E-state index contributed by atoms with van der Waals surface area (Å²) in [6, 6.07) is 7.60. The maximum atomic E-state index is 12.0. The maximum absolute atomic E-state index is 12.0. The Morgan fingerprint density at radius 2 is 2.20 bits per heavy atom. The number of nitrogens with zero attached hydrogens (tertiary/aromatic N) is 5. The second-order valence-electron chi connectivity index (χ2n) is 5.16. The van der Waals surface area contributed by atoms with Gasteiger partial charge in [-0.2, -0.15) is 0 Å². The first-order valence-electron chi connectivity index (χ1n) is 7.37. The molecular formula is C15H15ClN6OS2. The lowest BCUT2D eigenvalue weighted by atomic mass is 10.2. The first-order chi connectivity index (χ1) is 12.0. The largest absolute Gasteiger partial charge is 0.350 e. The molecule has 130 valence electrons. The van der Waals surface area contributed by atoms with E-state index in [0.717, 1.165) is 21.1 Å². The van der Waals surface area contributed by atoms with Crippen LogP contribution >= 0.6 is 34.7 Å². The average Bonchev–Trinajstić information content (AvgIpc) is 3.17. The molecule has 0 saturated heterocycles. The third kappa shape index (κ3) is 4.36. The number of benzene rings is 1. The number of rotatable bonds is 6. The van der Waals surface area contributed by atoms with Crippen molar-refractivity contribution < 1.29 is 4.79 Å². The Kier molecular flexibility index (Phi) is 5.67. The fourth-order valence-corrected chi connectivity index (χ4v) is 4.05. The van der Waals surface area contributed by atoms with E-state index in [4.69, 9.17) is 11.6 Å². The van der Waals surface area contributed by atoms with E-state index < -0.39 is 0 Å². The molecule has 0 radical (unpaired) electrons. The molecule has 1 aromatic carbocycles. The molecule has 0 saturated carbocycles. The number of halogens is 1. The standard InChI is InChI=1S/C15H15ClN6OS2/c1-9-12(25-14(18-9)10-5-3-4-6-11(10)16)7-17-13(23)8-24-15-19-20-21-22(15)2/h3-6H,7-8H2,1-2H3,(H,17,23). The normalized spacial score (nSPS) is 10.8. The number of hydrogen-bond acceptors (Lipinski definition) is 7. The Balaban J connectivity index is 1.59. The summed E-state index contributed by atoms with van der Waals surface area (Å²) in [5.74, 6) is 0.170. The van der Waals surface area contributed by atoms with Crippen LogP contribution in [0, 0.1) is 6.92 Å². The van der Waals surface area contributed by atoms with Crippen molar-refractivity contribution in [2.45, 2.75) is 18.6 Å². The van der Waals surface area contributed by atoms with Gasteiger partial charge in [0.15, 0.2) is 0 Å². The number of amides is 1. The van der Waals surface area contributed by atoms with Crippen LogP contribution in [0.2, 0.25) is 5.02 Å². The van der Waals surface area contributed by atoms with Crippen LogP contribution in [0.1, 0.15) is 10.6 Å². The number of tetrazole rings is 1. The molecule has 2 aromatic heterocycles. The zero-order valence-electron chi connectivity index (χ0n) is 13.6. The lowest BCUT2D eigenvalue weighted by molar-refractivity contribution is -0.118. The summed E-state index contributed by atoms with van der Waals surface area (Å²) in [6.07, 6.45) is 0. The molecule has 0 fully saturated rings. The summed E-state index contributed by atoms with van der Waals surface area (Å²) >= 11 is 9.05. The Hall–Kier alpha value is -1.97. The minimum absolute atomic E-state index is 0.0832. The van der Waals surface area contributed by atoms with Crippen LogP contribution in [-0.2, 0) is 18.4 Å². The molecule has 0 spiro atoms. The predicted octanol–water partition coefficient (Wildman–Crippen LogP) is 2.70. The van der Waals surface area contributed by atoms with E-state index in [2.05, 4.69) is 25.8 Å². The van der Waals surface area contributed by atoms with Crippen molar-refractivity contribution in [3.8, 4) is 10.6 Å². The molecule has 0 unspecified atom stereocenters. The number of aryl methyl sites for hydroxylation is 2. The number of carbonyl (C=O) groups excluding carboxylic acids is 1. The Labute approximate surface area is 157 Å². The van der Waals surface area contributed by atoms with E-state index in [0.29, 0.717) is 16.7 Å². The molecular weight excluding hydrogens is 380 g/mol. The fraction of sp³-hybridized carbons (Fsp3) is 0.267. The summed E-state index contributed by atoms with van der Waals surface area (Å²) in [4.78, 5) is 17.6. The van der Waals surface area contributed by atoms with Crippen LogP contribution in [0.15, 0.2) is 29.4 Å². The third-order valence-electron chi connectivity index (χ3n) is 3.36. The predicted molar refractivity (Wildman–Crippen MR) is 98.7 cm³/mol. The van der Waals surface area contributed by atoms with E-state index in [1.54, 1.807) is 7.05 Å². The maximum Gasteiger partial charge on any atom is 0.230 e. The van der Waals surface area contributed by atoms with Crippen LogP contribution < -0.4 is 5.32 Å². The van der Waals surface area contributed by atoms with Crippen LogP contribution in [-0.4, -0.2) is 36.9 Å². The van der Waals surface area contributed by atoms with Crippen molar-refractivity contribution in [2.24, 2.45) is 7.05 Å². The van der Waals surface area contributed by atoms with Gasteiger partial charge in [0.2, 0.25) is 11.1 Å². The monoisotopic (exact) mass is 394 g/mol. The number of nitrogens with one attached hydrogen (secondary N) is 1. The van der Waals surface area contributed by atoms with Gasteiger partial charge in [-0.3, -0.25) is 4.79 Å². The Morgan fingerprint density at radius 3 is 2.92 bits per heavy atom. The SMILES string of the molecule is Cc1nc(-c2ccccc2Cl)sc1CNC(=O)CSc1nnnn1C. The molecule has 1 N–H and O–H groups in total. The lowest BCUT2D eigenvalue weighted by Crippen LogP contribution is -2.24. The van der Waals surface area contributed by atoms with Gasteiger partial charge in [0, 0.05) is 17.5 Å². The van der Waals surface area contributed by atoms with Gasteiger partial charge in [0.1, 0.15) is 5.01 Å². The Bertz CT molecular complexity index is 894. The topological polar surface area (TPSA) is 85.6 Å². The van der Waals surface area contributed by atoms with E-state index in [-0.39, 0.29) is 11.7 Å². The molecule has 0 aliphatic heterocycles. The van der Waals surface area contributed by atoms with Gasteiger partial charge >= 0.3 is 0 Å². The van der Waals surface area contributed by atoms with E-state index in [1.807, 2.05) is 31.2 Å². The van der Waals surface area contributed by atoms with Gasteiger partial charge in [-0.15, -0.1) is 16.4 Å². The zero-order chi connectivity index (χ0) is 17.8. The second kappa shape index (κ2) is 7.94. The Morgan fingerprint density at radius 1 is 1.40 bits per heavy atom. The molecule has 7 nitrogen and oxygen atoms in total. The number of thioether (sulfide) groups is 1. The molecule has 3 rings (SSSR count). The van der Waals surface area contributed by atoms with Gasteiger partial charge in [-0.05, 0) is 23.4 Å². The van der Waals surface area contributed by atoms with E-state index in [1.165, 1.54) is 27.8 Å². The quantitative estimate of drug-likeness (QED) is 0.647. The summed E-state index contributed by atoms with van der Waals surface area (Å²) < 4.78 is 1.53. The number of carbonyl (C=O) groups is 1. The van der Waals surface area contributed by atoms with E-state index in [9.17, 15) is 4.79 Å². The summed E-state index contributed by atoms with van der Waals surface area (Å²) in [7, 11) is 1.73. The first kappa shape index (κ1) is 17.8. The highest BCUT2D eigenvalue weighted by Gasteiger charge is 2.13. The van der Waals surface area contributed by atoms with Crippen molar-refractivity contribution in [3.05, 3.63) is 39.9 Å². The van der Waals surface area contributed by atoms with Gasteiger partial charge in [-0.25, -0.2) is 9.67 Å². The van der Waals surface area contributed by atoms with Crippen LogP contribution in [0.4, 0.5) is 0 Å². The highest BCUT2D eigenvalue weighted by Crippen LogP contribution is 2.32. The summed E-state index contributed by atoms with van der Waals surface area (Å²) in [5.41, 5.74) is 1.80. The summed E-state index contributed by atoms with van der Waals surface area (Å²) in [6.45, 7) is 2.36. The second-order valence-corrected chi connectivity index (χ2v) is 7.59. The minimum atomic E-state index is -0.0832. The molecule has 0 atom stereocenters. The molecule has 1 amide bonds. The highest BCUT2D eigenvalue weighted by molar-refractivity contribution is 7.99. The van der Waals surface area contributed by atoms with Crippen molar-refractivity contribution >= 4 is 40.6 Å². The lowest BCUT2D eigenvalue weighted by Gasteiger charge is -2.03. The van der Waals surface area contributed by atoms with E-state index >= 15 is 0 Å². The third-order valence-corrected chi connectivity index (χ3v) is 5.89. The van der Waals surface area contributed by atoms with Crippen molar-refractivity contribution in [2.75, 3.05) is 5.75 Å². The smallest absolute Gasteiger partial charge is 0.230 e.